The molecule has 6 heteroatoms. The third-order valence-corrected chi connectivity index (χ3v) is 2.08. The Kier molecular flexibility index (Phi) is 5.19. The van der Waals surface area contributed by atoms with Gasteiger partial charge in [0.2, 0.25) is 0 Å². The van der Waals surface area contributed by atoms with Crippen molar-refractivity contribution in [1.29, 1.82) is 5.26 Å². The number of methoxy groups -OCH3 is 1. The number of carbonyl (C=O) groups excluding carboxylic acids is 1. The van der Waals surface area contributed by atoms with Gasteiger partial charge in [0, 0.05) is 0 Å². The fraction of sp³-hybridized carbons (Fsp3) is 0.250. The second-order valence-corrected chi connectivity index (χ2v) is 3.27. The number of ether oxygens (including phenoxy) is 2. The van der Waals surface area contributed by atoms with Gasteiger partial charge in [-0.05, 0) is 36.8 Å². The van der Waals surface area contributed by atoms with Gasteiger partial charge >= 0.3 is 6.09 Å². The minimum absolute atomic E-state index is 0.0102. The summed E-state index contributed by atoms with van der Waals surface area (Å²) in [7, 11) is 1.27. The van der Waals surface area contributed by atoms with Crippen LogP contribution >= 0.6 is 0 Å². The molecule has 0 fully saturated rings. The van der Waals surface area contributed by atoms with Crippen molar-refractivity contribution in [2.24, 2.45) is 5.10 Å². The Labute approximate surface area is 105 Å². The minimum Gasteiger partial charge on any atom is -0.479 e. The zero-order valence-corrected chi connectivity index (χ0v) is 10.1. The Bertz CT molecular complexity index is 474. The van der Waals surface area contributed by atoms with Crippen LogP contribution in [0.1, 0.15) is 12.5 Å². The summed E-state index contributed by atoms with van der Waals surface area (Å²) in [5.74, 6) is 0.606. The molecule has 0 spiro atoms. The van der Waals surface area contributed by atoms with E-state index < -0.39 is 6.09 Å². The highest BCUT2D eigenvalue weighted by molar-refractivity contribution is 5.99. The normalized spacial score (nSPS) is 10.4. The molecular weight excluding hydrogens is 234 g/mol. The number of hydrogen-bond acceptors (Lipinski definition) is 5. The molecule has 1 amide bonds. The topological polar surface area (TPSA) is 83.7 Å². The van der Waals surface area contributed by atoms with E-state index in [4.69, 9.17) is 10.00 Å². The Balaban J connectivity index is 2.67. The second-order valence-electron chi connectivity index (χ2n) is 3.27. The summed E-state index contributed by atoms with van der Waals surface area (Å²) in [6, 6.07) is 8.90. The maximum absolute atomic E-state index is 10.8. The van der Waals surface area contributed by atoms with Crippen molar-refractivity contribution in [3.8, 4) is 11.8 Å². The highest BCUT2D eigenvalue weighted by atomic mass is 16.5. The molecule has 0 aromatic heterocycles. The minimum atomic E-state index is -0.622. The van der Waals surface area contributed by atoms with Crippen molar-refractivity contribution in [1.82, 2.24) is 5.43 Å². The maximum Gasteiger partial charge on any atom is 0.427 e. The van der Waals surface area contributed by atoms with Crippen LogP contribution in [-0.4, -0.2) is 25.5 Å². The molecule has 18 heavy (non-hydrogen) atoms. The molecule has 1 aromatic rings. The second kappa shape index (κ2) is 6.91. The number of benzene rings is 1. The standard InChI is InChI=1S/C12H13N3O3/c1-9(14-15-12(16)17-2)10-3-5-11(6-4-10)18-8-7-13/h3-6H,8H2,1-2H3,(H,15,16)/b14-9-. The summed E-state index contributed by atoms with van der Waals surface area (Å²) in [5.41, 5.74) is 3.69. The molecule has 94 valence electrons. The highest BCUT2D eigenvalue weighted by Gasteiger charge is 2.00. The van der Waals surface area contributed by atoms with Gasteiger partial charge in [0.05, 0.1) is 12.8 Å². The Morgan fingerprint density at radius 3 is 2.67 bits per heavy atom. The van der Waals surface area contributed by atoms with E-state index in [1.54, 1.807) is 31.2 Å². The van der Waals surface area contributed by atoms with E-state index in [1.807, 2.05) is 6.07 Å². The van der Waals surface area contributed by atoms with Crippen LogP contribution in [-0.2, 0) is 4.74 Å². The molecule has 0 bridgehead atoms. The summed E-state index contributed by atoms with van der Waals surface area (Å²) < 4.78 is 9.51. The Morgan fingerprint density at radius 1 is 1.44 bits per heavy atom. The van der Waals surface area contributed by atoms with E-state index in [0.29, 0.717) is 11.5 Å². The molecule has 0 aliphatic carbocycles. The van der Waals surface area contributed by atoms with E-state index in [9.17, 15) is 4.79 Å². The first-order valence-electron chi connectivity index (χ1n) is 5.16. The van der Waals surface area contributed by atoms with Crippen molar-refractivity contribution >= 4 is 11.8 Å². The molecular formula is C12H13N3O3. The number of carbonyl (C=O) groups is 1. The van der Waals surface area contributed by atoms with Crippen molar-refractivity contribution in [2.45, 2.75) is 6.92 Å². The highest BCUT2D eigenvalue weighted by Crippen LogP contribution is 2.12. The van der Waals surface area contributed by atoms with Crippen molar-refractivity contribution in [2.75, 3.05) is 13.7 Å². The molecule has 1 N–H and O–H groups in total. The number of amides is 1. The summed E-state index contributed by atoms with van der Waals surface area (Å²) >= 11 is 0. The van der Waals surface area contributed by atoms with Crippen LogP contribution in [0.4, 0.5) is 4.79 Å². The molecule has 0 aliphatic heterocycles. The maximum atomic E-state index is 10.8. The smallest absolute Gasteiger partial charge is 0.427 e. The number of hydrogen-bond donors (Lipinski definition) is 1. The first-order valence-corrected chi connectivity index (χ1v) is 5.16. The van der Waals surface area contributed by atoms with Gasteiger partial charge in [-0.15, -0.1) is 0 Å². The average molecular weight is 247 g/mol. The summed E-state index contributed by atoms with van der Waals surface area (Å²) in [6.07, 6.45) is -0.622. The number of nitrogens with zero attached hydrogens (tertiary/aromatic N) is 2. The lowest BCUT2D eigenvalue weighted by Gasteiger charge is -2.04. The zero-order chi connectivity index (χ0) is 13.4. The SMILES string of the molecule is COC(=O)N/N=C(/C)c1ccc(OCC#N)cc1. The Morgan fingerprint density at radius 2 is 2.11 bits per heavy atom. The quantitative estimate of drug-likeness (QED) is 0.648. The lowest BCUT2D eigenvalue weighted by molar-refractivity contribution is 0.171. The van der Waals surface area contributed by atoms with Gasteiger partial charge in [-0.1, -0.05) is 0 Å². The van der Waals surface area contributed by atoms with Gasteiger partial charge in [-0.25, -0.2) is 10.2 Å². The molecule has 0 saturated carbocycles. The lowest BCUT2D eigenvalue weighted by Crippen LogP contribution is -2.18. The third kappa shape index (κ3) is 4.14. The van der Waals surface area contributed by atoms with Crippen LogP contribution in [0.3, 0.4) is 0 Å². The van der Waals surface area contributed by atoms with Crippen LogP contribution in [0.15, 0.2) is 29.4 Å². The van der Waals surface area contributed by atoms with Crippen LogP contribution in [0, 0.1) is 11.3 Å². The van der Waals surface area contributed by atoms with Gasteiger partial charge < -0.3 is 9.47 Å². The van der Waals surface area contributed by atoms with Crippen molar-refractivity contribution < 1.29 is 14.3 Å². The number of nitrogens with one attached hydrogen (secondary N) is 1. The fourth-order valence-corrected chi connectivity index (χ4v) is 1.15. The average Bonchev–Trinajstić information content (AvgIpc) is 2.42. The third-order valence-electron chi connectivity index (χ3n) is 2.08. The predicted octanol–water partition coefficient (Wildman–Crippen LogP) is 1.67. The van der Waals surface area contributed by atoms with E-state index in [-0.39, 0.29) is 6.61 Å². The molecule has 6 nitrogen and oxygen atoms in total. The predicted molar refractivity (Wildman–Crippen MR) is 65.3 cm³/mol. The first kappa shape index (κ1) is 13.5. The summed E-state index contributed by atoms with van der Waals surface area (Å²) in [5, 5.41) is 12.2. The molecule has 1 rings (SSSR count). The molecule has 0 aliphatic rings. The fourth-order valence-electron chi connectivity index (χ4n) is 1.15. The molecule has 1 aromatic carbocycles. The molecule has 0 saturated heterocycles. The van der Waals surface area contributed by atoms with Crippen molar-refractivity contribution in [3.05, 3.63) is 29.8 Å². The number of rotatable bonds is 4. The van der Waals surface area contributed by atoms with Gasteiger partial charge in [0.25, 0.3) is 0 Å². The van der Waals surface area contributed by atoms with Crippen LogP contribution in [0.2, 0.25) is 0 Å². The van der Waals surface area contributed by atoms with Gasteiger partial charge in [0.1, 0.15) is 11.8 Å². The van der Waals surface area contributed by atoms with Gasteiger partial charge in [-0.2, -0.15) is 10.4 Å². The zero-order valence-electron chi connectivity index (χ0n) is 10.1. The first-order chi connectivity index (χ1) is 8.67. The van der Waals surface area contributed by atoms with Gasteiger partial charge in [-0.3, -0.25) is 0 Å². The van der Waals surface area contributed by atoms with E-state index in [1.165, 1.54) is 7.11 Å². The molecule has 0 heterocycles. The molecule has 0 radical (unpaired) electrons. The Hall–Kier alpha value is -2.55. The van der Waals surface area contributed by atoms with Crippen molar-refractivity contribution in [3.63, 3.8) is 0 Å². The largest absolute Gasteiger partial charge is 0.479 e. The lowest BCUT2D eigenvalue weighted by atomic mass is 10.1. The van der Waals surface area contributed by atoms with E-state index in [2.05, 4.69) is 15.3 Å². The number of nitriles is 1. The number of hydrazone groups is 1. The van der Waals surface area contributed by atoms with E-state index >= 15 is 0 Å². The van der Waals surface area contributed by atoms with Crippen LogP contribution in [0.25, 0.3) is 0 Å². The van der Waals surface area contributed by atoms with E-state index in [0.717, 1.165) is 5.56 Å². The summed E-state index contributed by atoms with van der Waals surface area (Å²) in [4.78, 5) is 10.8. The molecule has 0 unspecified atom stereocenters. The van der Waals surface area contributed by atoms with Crippen LogP contribution < -0.4 is 10.2 Å². The summed E-state index contributed by atoms with van der Waals surface area (Å²) in [6.45, 7) is 1.76. The van der Waals surface area contributed by atoms with Gasteiger partial charge in [0.15, 0.2) is 6.61 Å². The monoisotopic (exact) mass is 247 g/mol. The van der Waals surface area contributed by atoms with Crippen LogP contribution in [0.5, 0.6) is 5.75 Å². The molecule has 0 atom stereocenters.